The summed E-state index contributed by atoms with van der Waals surface area (Å²) < 4.78 is 0. The van der Waals surface area contributed by atoms with Gasteiger partial charge in [-0.1, -0.05) is 18.2 Å². The fraction of sp³-hybridized carbons (Fsp3) is 0.385. The van der Waals surface area contributed by atoms with Gasteiger partial charge in [-0.2, -0.15) is 0 Å². The van der Waals surface area contributed by atoms with Gasteiger partial charge in [0.25, 0.3) is 0 Å². The molecule has 0 bridgehead atoms. The number of carbonyl (C=O) groups is 2. The molecule has 4 heteroatoms. The minimum absolute atomic E-state index is 0.120. The lowest BCUT2D eigenvalue weighted by Gasteiger charge is -2.23. The van der Waals surface area contributed by atoms with E-state index in [-0.39, 0.29) is 11.9 Å². The third-order valence-electron chi connectivity index (χ3n) is 3.64. The summed E-state index contributed by atoms with van der Waals surface area (Å²) in [6.45, 7) is 0. The minimum atomic E-state index is -0.490. The maximum absolute atomic E-state index is 12.2. The molecule has 1 amide bonds. The second kappa shape index (κ2) is 3.67. The summed E-state index contributed by atoms with van der Waals surface area (Å²) in [7, 11) is 0. The second-order valence-corrected chi connectivity index (χ2v) is 4.69. The van der Waals surface area contributed by atoms with Crippen LogP contribution in [-0.4, -0.2) is 24.3 Å². The van der Waals surface area contributed by atoms with E-state index in [0.29, 0.717) is 12.8 Å². The van der Waals surface area contributed by atoms with E-state index in [1.165, 1.54) is 0 Å². The van der Waals surface area contributed by atoms with Crippen LogP contribution in [0.4, 0.5) is 5.69 Å². The number of para-hydroxylation sites is 1. The summed E-state index contributed by atoms with van der Waals surface area (Å²) in [5.41, 5.74) is 9.01. The fourth-order valence-corrected chi connectivity index (χ4v) is 2.80. The first-order chi connectivity index (χ1) is 8.22. The van der Waals surface area contributed by atoms with E-state index in [1.54, 1.807) is 4.90 Å². The standard InChI is InChI=1S/C13H14N2O2/c14-11-5-4-8-2-1-3-9-6-10(7-16)15(12(8)9)13(11)17/h1-3,7,10-11H,4-6,14H2/t10-,11-/m0/s1. The second-order valence-electron chi connectivity index (χ2n) is 4.69. The van der Waals surface area contributed by atoms with E-state index >= 15 is 0 Å². The number of aryl methyl sites for hydroxylation is 1. The highest BCUT2D eigenvalue weighted by molar-refractivity contribution is 6.04. The monoisotopic (exact) mass is 230 g/mol. The molecule has 2 N–H and O–H groups in total. The van der Waals surface area contributed by atoms with Gasteiger partial charge in [0, 0.05) is 6.42 Å². The lowest BCUT2D eigenvalue weighted by atomic mass is 10.0. The first-order valence-corrected chi connectivity index (χ1v) is 5.87. The topological polar surface area (TPSA) is 63.4 Å². The average molecular weight is 230 g/mol. The minimum Gasteiger partial charge on any atom is -0.320 e. The molecule has 0 unspecified atom stereocenters. The van der Waals surface area contributed by atoms with Crippen molar-refractivity contribution in [2.75, 3.05) is 4.90 Å². The van der Waals surface area contributed by atoms with Crippen molar-refractivity contribution in [3.05, 3.63) is 29.3 Å². The molecule has 0 saturated carbocycles. The smallest absolute Gasteiger partial charge is 0.244 e. The third-order valence-corrected chi connectivity index (χ3v) is 3.64. The maximum Gasteiger partial charge on any atom is 0.244 e. The normalized spacial score (nSPS) is 26.6. The molecule has 3 rings (SSSR count). The van der Waals surface area contributed by atoms with Crippen LogP contribution in [0, 0.1) is 0 Å². The van der Waals surface area contributed by atoms with Crippen LogP contribution in [-0.2, 0) is 22.4 Å². The van der Waals surface area contributed by atoms with E-state index in [1.807, 2.05) is 18.2 Å². The van der Waals surface area contributed by atoms with E-state index in [4.69, 9.17) is 5.73 Å². The van der Waals surface area contributed by atoms with Gasteiger partial charge in [-0.25, -0.2) is 0 Å². The number of benzene rings is 1. The van der Waals surface area contributed by atoms with Gasteiger partial charge in [0.2, 0.25) is 5.91 Å². The summed E-state index contributed by atoms with van der Waals surface area (Å²) in [5.74, 6) is -0.120. The zero-order valence-corrected chi connectivity index (χ0v) is 9.43. The molecule has 17 heavy (non-hydrogen) atoms. The van der Waals surface area contributed by atoms with Crippen LogP contribution < -0.4 is 10.6 Å². The van der Waals surface area contributed by atoms with Crippen molar-refractivity contribution >= 4 is 17.9 Å². The van der Waals surface area contributed by atoms with Crippen molar-refractivity contribution in [1.29, 1.82) is 0 Å². The highest BCUT2D eigenvalue weighted by Crippen LogP contribution is 2.37. The Kier molecular flexibility index (Phi) is 2.26. The van der Waals surface area contributed by atoms with E-state index in [0.717, 1.165) is 29.5 Å². The molecule has 2 aliphatic heterocycles. The van der Waals surface area contributed by atoms with Gasteiger partial charge < -0.3 is 10.5 Å². The molecule has 4 nitrogen and oxygen atoms in total. The van der Waals surface area contributed by atoms with E-state index < -0.39 is 6.04 Å². The predicted molar refractivity (Wildman–Crippen MR) is 63.8 cm³/mol. The summed E-state index contributed by atoms with van der Waals surface area (Å²) in [4.78, 5) is 24.9. The Morgan fingerprint density at radius 1 is 1.35 bits per heavy atom. The molecule has 2 atom stereocenters. The quantitative estimate of drug-likeness (QED) is 0.711. The van der Waals surface area contributed by atoms with Gasteiger partial charge in [0.15, 0.2) is 0 Å². The number of hydrogen-bond donors (Lipinski definition) is 1. The number of aldehydes is 1. The van der Waals surface area contributed by atoms with Crippen molar-refractivity contribution < 1.29 is 9.59 Å². The molecule has 0 spiro atoms. The first-order valence-electron chi connectivity index (χ1n) is 5.87. The molecule has 1 aromatic rings. The lowest BCUT2D eigenvalue weighted by Crippen LogP contribution is -2.47. The van der Waals surface area contributed by atoms with Gasteiger partial charge >= 0.3 is 0 Å². The lowest BCUT2D eigenvalue weighted by molar-refractivity contribution is -0.121. The van der Waals surface area contributed by atoms with Gasteiger partial charge in [0.1, 0.15) is 6.29 Å². The Balaban J connectivity index is 2.19. The van der Waals surface area contributed by atoms with Crippen molar-refractivity contribution in [3.8, 4) is 0 Å². The number of nitrogens with two attached hydrogens (primary N) is 1. The molecule has 88 valence electrons. The summed E-state index contributed by atoms with van der Waals surface area (Å²) in [6.07, 6.45) is 2.92. The Morgan fingerprint density at radius 2 is 2.12 bits per heavy atom. The van der Waals surface area contributed by atoms with Crippen LogP contribution in [0.25, 0.3) is 0 Å². The Morgan fingerprint density at radius 3 is 2.88 bits per heavy atom. The molecule has 0 saturated heterocycles. The zero-order chi connectivity index (χ0) is 12.0. The first kappa shape index (κ1) is 10.5. The summed E-state index contributed by atoms with van der Waals surface area (Å²) in [5, 5.41) is 0. The van der Waals surface area contributed by atoms with Crippen LogP contribution in [0.15, 0.2) is 18.2 Å². The van der Waals surface area contributed by atoms with Crippen LogP contribution in [0.5, 0.6) is 0 Å². The highest BCUT2D eigenvalue weighted by Gasteiger charge is 2.39. The molecule has 2 aliphatic rings. The van der Waals surface area contributed by atoms with Crippen molar-refractivity contribution in [3.63, 3.8) is 0 Å². The van der Waals surface area contributed by atoms with E-state index in [9.17, 15) is 9.59 Å². The number of hydrogen-bond acceptors (Lipinski definition) is 3. The number of rotatable bonds is 1. The molecular weight excluding hydrogens is 216 g/mol. The number of amides is 1. The molecule has 0 radical (unpaired) electrons. The van der Waals surface area contributed by atoms with Crippen molar-refractivity contribution in [2.45, 2.75) is 31.3 Å². The molecular formula is C13H14N2O2. The van der Waals surface area contributed by atoms with Gasteiger partial charge in [-0.05, 0) is 24.0 Å². The Labute approximate surface area is 99.4 Å². The Hall–Kier alpha value is -1.68. The highest BCUT2D eigenvalue weighted by atomic mass is 16.2. The van der Waals surface area contributed by atoms with Gasteiger partial charge in [-0.15, -0.1) is 0 Å². The number of carbonyl (C=O) groups excluding carboxylic acids is 2. The van der Waals surface area contributed by atoms with Crippen LogP contribution >= 0.6 is 0 Å². The average Bonchev–Trinajstić information content (AvgIpc) is 2.67. The SMILES string of the molecule is N[C@H]1CCc2cccc3c2N(C1=O)[C@H](C=O)C3. The molecule has 0 aliphatic carbocycles. The van der Waals surface area contributed by atoms with Crippen molar-refractivity contribution in [2.24, 2.45) is 5.73 Å². The third kappa shape index (κ3) is 1.41. The molecule has 0 fully saturated rings. The van der Waals surface area contributed by atoms with Gasteiger partial charge in [0.05, 0.1) is 17.8 Å². The molecule has 1 aromatic carbocycles. The van der Waals surface area contributed by atoms with E-state index in [2.05, 4.69) is 0 Å². The summed E-state index contributed by atoms with van der Waals surface area (Å²) in [6, 6.07) is 5.13. The van der Waals surface area contributed by atoms with Crippen LogP contribution in [0.2, 0.25) is 0 Å². The number of anilines is 1. The molecule has 2 heterocycles. The summed E-state index contributed by atoms with van der Waals surface area (Å²) >= 11 is 0. The largest absolute Gasteiger partial charge is 0.320 e. The number of nitrogens with zero attached hydrogens (tertiary/aromatic N) is 1. The van der Waals surface area contributed by atoms with Crippen LogP contribution in [0.1, 0.15) is 17.5 Å². The Bertz CT molecular complexity index is 498. The molecule has 0 aromatic heterocycles. The predicted octanol–water partition coefficient (Wildman–Crippen LogP) is 0.417. The zero-order valence-electron chi connectivity index (χ0n) is 9.43. The van der Waals surface area contributed by atoms with Crippen LogP contribution in [0.3, 0.4) is 0 Å². The van der Waals surface area contributed by atoms with Gasteiger partial charge in [-0.3, -0.25) is 9.69 Å². The fourth-order valence-electron chi connectivity index (χ4n) is 2.80. The van der Waals surface area contributed by atoms with Crippen molar-refractivity contribution in [1.82, 2.24) is 0 Å². The maximum atomic E-state index is 12.2.